The van der Waals surface area contributed by atoms with E-state index in [9.17, 15) is 19.8 Å². The van der Waals surface area contributed by atoms with E-state index in [1.807, 2.05) is 6.92 Å². The van der Waals surface area contributed by atoms with Crippen LogP contribution in [-0.4, -0.2) is 45.2 Å². The number of β-lactam (4-membered cyclic amide) rings is 1. The third-order valence-corrected chi connectivity index (χ3v) is 4.42. The maximum atomic E-state index is 11.9. The Labute approximate surface area is 121 Å². The second-order valence-corrected chi connectivity index (χ2v) is 6.13. The number of rotatable bonds is 5. The van der Waals surface area contributed by atoms with Gasteiger partial charge in [-0.05, 0) is 19.3 Å². The van der Waals surface area contributed by atoms with Gasteiger partial charge >= 0.3 is 5.97 Å². The zero-order chi connectivity index (χ0) is 15.0. The highest BCUT2D eigenvalue weighted by Gasteiger charge is 2.56. The molecule has 4 N–H and O–H groups in total. The Hall–Kier alpha value is -1.31. The van der Waals surface area contributed by atoms with Crippen molar-refractivity contribution < 1.29 is 19.8 Å². The van der Waals surface area contributed by atoms with Gasteiger partial charge in [0.1, 0.15) is 5.70 Å². The molecule has 0 radical (unpaired) electrons. The lowest BCUT2D eigenvalue weighted by Gasteiger charge is -2.44. The third kappa shape index (κ3) is 2.48. The maximum Gasteiger partial charge on any atom is 0.353 e. The molecule has 0 aromatic rings. The van der Waals surface area contributed by atoms with Crippen LogP contribution in [0.2, 0.25) is 0 Å². The standard InChI is InChI=1S/C13H18N2O4S/c1-6(14)3-4-20-9-5-8-10(7(2)16)12(17)15(8)11(9)13(18)19/h3-4,6-8,10,16H,5,14H2,1-2H3,(H,18,19). The second kappa shape index (κ2) is 5.59. The van der Waals surface area contributed by atoms with E-state index in [0.717, 1.165) is 0 Å². The van der Waals surface area contributed by atoms with Crippen LogP contribution in [0.15, 0.2) is 22.1 Å². The van der Waals surface area contributed by atoms with Crippen molar-refractivity contribution in [3.8, 4) is 0 Å². The van der Waals surface area contributed by atoms with Gasteiger partial charge in [-0.3, -0.25) is 4.79 Å². The Morgan fingerprint density at radius 1 is 1.55 bits per heavy atom. The second-order valence-electron chi connectivity index (χ2n) is 5.13. The molecule has 0 saturated carbocycles. The van der Waals surface area contributed by atoms with Crippen LogP contribution in [0.4, 0.5) is 0 Å². The number of hydrogen-bond donors (Lipinski definition) is 3. The van der Waals surface area contributed by atoms with Crippen molar-refractivity contribution in [2.24, 2.45) is 11.7 Å². The van der Waals surface area contributed by atoms with Gasteiger partial charge in [-0.25, -0.2) is 4.79 Å². The first-order chi connectivity index (χ1) is 9.34. The van der Waals surface area contributed by atoms with Crippen LogP contribution in [0.5, 0.6) is 0 Å². The van der Waals surface area contributed by atoms with Crippen LogP contribution in [0.25, 0.3) is 0 Å². The van der Waals surface area contributed by atoms with E-state index in [1.165, 1.54) is 16.7 Å². The van der Waals surface area contributed by atoms with E-state index < -0.39 is 18.0 Å². The molecule has 2 heterocycles. The summed E-state index contributed by atoms with van der Waals surface area (Å²) in [6.45, 7) is 3.37. The monoisotopic (exact) mass is 298 g/mol. The van der Waals surface area contributed by atoms with Crippen molar-refractivity contribution in [3.63, 3.8) is 0 Å². The fraction of sp³-hybridized carbons (Fsp3) is 0.538. The SMILES string of the molecule is CC(N)C=CSC1=C(C(=O)O)N2C(=O)C(C(C)O)C2C1. The number of carboxylic acids is 1. The fourth-order valence-electron chi connectivity index (χ4n) is 2.58. The molecule has 1 fully saturated rings. The quantitative estimate of drug-likeness (QED) is 0.638. The van der Waals surface area contributed by atoms with Crippen LogP contribution >= 0.6 is 11.8 Å². The first-order valence-corrected chi connectivity index (χ1v) is 7.29. The maximum absolute atomic E-state index is 11.9. The average Bonchev–Trinajstić information content (AvgIpc) is 2.63. The van der Waals surface area contributed by atoms with Crippen molar-refractivity contribution in [3.05, 3.63) is 22.1 Å². The van der Waals surface area contributed by atoms with Crippen molar-refractivity contribution in [2.45, 2.75) is 38.5 Å². The summed E-state index contributed by atoms with van der Waals surface area (Å²) in [5, 5.41) is 20.6. The largest absolute Gasteiger partial charge is 0.477 e. The molecule has 7 heteroatoms. The van der Waals surface area contributed by atoms with Crippen LogP contribution < -0.4 is 5.73 Å². The molecule has 4 unspecified atom stereocenters. The van der Waals surface area contributed by atoms with E-state index in [4.69, 9.17) is 5.73 Å². The number of aliphatic hydroxyl groups excluding tert-OH is 1. The Morgan fingerprint density at radius 2 is 2.20 bits per heavy atom. The van der Waals surface area contributed by atoms with Gasteiger partial charge < -0.3 is 20.8 Å². The van der Waals surface area contributed by atoms with Gasteiger partial charge in [0, 0.05) is 17.4 Å². The number of carbonyl (C=O) groups is 2. The van der Waals surface area contributed by atoms with Crippen LogP contribution in [-0.2, 0) is 9.59 Å². The zero-order valence-electron chi connectivity index (χ0n) is 11.3. The Bertz CT molecular complexity index is 499. The Morgan fingerprint density at radius 3 is 2.70 bits per heavy atom. The van der Waals surface area contributed by atoms with Gasteiger partial charge in [-0.1, -0.05) is 6.08 Å². The molecular weight excluding hydrogens is 280 g/mol. The first-order valence-electron chi connectivity index (χ1n) is 6.41. The lowest BCUT2D eigenvalue weighted by atomic mass is 9.83. The summed E-state index contributed by atoms with van der Waals surface area (Å²) in [6, 6.07) is -0.346. The average molecular weight is 298 g/mol. The highest BCUT2D eigenvalue weighted by atomic mass is 32.2. The van der Waals surface area contributed by atoms with Gasteiger partial charge in [0.25, 0.3) is 0 Å². The Balaban J connectivity index is 2.19. The molecule has 20 heavy (non-hydrogen) atoms. The number of amides is 1. The summed E-state index contributed by atoms with van der Waals surface area (Å²) in [5.41, 5.74) is 5.63. The van der Waals surface area contributed by atoms with Gasteiger partial charge in [0.2, 0.25) is 5.91 Å². The molecule has 1 amide bonds. The lowest BCUT2D eigenvalue weighted by Crippen LogP contribution is -2.61. The number of carboxylic acid groups (broad SMARTS) is 1. The van der Waals surface area contributed by atoms with E-state index in [2.05, 4.69) is 0 Å². The minimum atomic E-state index is -1.11. The summed E-state index contributed by atoms with van der Waals surface area (Å²) in [6.07, 6.45) is 1.47. The van der Waals surface area contributed by atoms with Gasteiger partial charge in [0.15, 0.2) is 0 Å². The molecule has 0 aromatic carbocycles. The molecule has 110 valence electrons. The third-order valence-electron chi connectivity index (χ3n) is 3.48. The van der Waals surface area contributed by atoms with Gasteiger partial charge in [-0.15, -0.1) is 11.8 Å². The van der Waals surface area contributed by atoms with Crippen molar-refractivity contribution in [1.82, 2.24) is 4.90 Å². The highest BCUT2D eigenvalue weighted by Crippen LogP contribution is 2.47. The molecule has 0 aliphatic carbocycles. The normalized spacial score (nSPS) is 28.6. The summed E-state index contributed by atoms with van der Waals surface area (Å²) in [5.74, 6) is -1.92. The molecule has 1 saturated heterocycles. The molecule has 6 nitrogen and oxygen atoms in total. The summed E-state index contributed by atoms with van der Waals surface area (Å²) in [7, 11) is 0. The molecule has 4 atom stereocenters. The zero-order valence-corrected chi connectivity index (χ0v) is 12.1. The Kier molecular flexibility index (Phi) is 4.22. The number of fused-ring (bicyclic) bond motifs is 1. The van der Waals surface area contributed by atoms with E-state index in [-0.39, 0.29) is 23.7 Å². The van der Waals surface area contributed by atoms with Crippen LogP contribution in [0, 0.1) is 5.92 Å². The minimum absolute atomic E-state index is 0.0382. The molecule has 2 aliphatic heterocycles. The van der Waals surface area contributed by atoms with Crippen molar-refractivity contribution >= 4 is 23.6 Å². The fourth-order valence-corrected chi connectivity index (χ4v) is 3.64. The first kappa shape index (κ1) is 15.1. The van der Waals surface area contributed by atoms with Gasteiger partial charge in [-0.2, -0.15) is 0 Å². The molecule has 0 aromatic heterocycles. The summed E-state index contributed by atoms with van der Waals surface area (Å²) in [4.78, 5) is 25.2. The molecule has 2 rings (SSSR count). The minimum Gasteiger partial charge on any atom is -0.477 e. The highest BCUT2D eigenvalue weighted by molar-refractivity contribution is 8.05. The lowest BCUT2D eigenvalue weighted by molar-refractivity contribution is -0.161. The number of carbonyl (C=O) groups excluding carboxylic acids is 1. The van der Waals surface area contributed by atoms with E-state index in [1.54, 1.807) is 18.4 Å². The number of nitrogens with zero attached hydrogens (tertiary/aromatic N) is 1. The topological polar surface area (TPSA) is 104 Å². The summed E-state index contributed by atoms with van der Waals surface area (Å²) >= 11 is 1.27. The number of aliphatic hydroxyl groups is 1. The van der Waals surface area contributed by atoms with Crippen LogP contribution in [0.3, 0.4) is 0 Å². The van der Waals surface area contributed by atoms with Crippen molar-refractivity contribution in [1.29, 1.82) is 0 Å². The molecule has 2 aliphatic rings. The van der Waals surface area contributed by atoms with E-state index >= 15 is 0 Å². The summed E-state index contributed by atoms with van der Waals surface area (Å²) < 4.78 is 0. The number of nitrogens with two attached hydrogens (primary N) is 1. The molecule has 0 spiro atoms. The predicted molar refractivity (Wildman–Crippen MR) is 75.5 cm³/mol. The molecule has 0 bridgehead atoms. The van der Waals surface area contributed by atoms with Crippen LogP contribution in [0.1, 0.15) is 20.3 Å². The number of hydrogen-bond acceptors (Lipinski definition) is 5. The molecular formula is C13H18N2O4S. The van der Waals surface area contributed by atoms with Crippen molar-refractivity contribution in [2.75, 3.05) is 0 Å². The smallest absolute Gasteiger partial charge is 0.353 e. The van der Waals surface area contributed by atoms with E-state index in [0.29, 0.717) is 11.3 Å². The number of thioether (sulfide) groups is 1. The number of aliphatic carboxylic acids is 1. The van der Waals surface area contributed by atoms with Gasteiger partial charge in [0.05, 0.1) is 18.1 Å². The predicted octanol–water partition coefficient (Wildman–Crippen LogP) is 0.488.